The predicted molar refractivity (Wildman–Crippen MR) is 98.5 cm³/mol. The van der Waals surface area contributed by atoms with E-state index in [4.69, 9.17) is 16.2 Å². The van der Waals surface area contributed by atoms with E-state index < -0.39 is 54.0 Å². The second-order valence-electron chi connectivity index (χ2n) is 7.58. The smallest absolute Gasteiger partial charge is 0.410 e. The first kappa shape index (κ1) is 23.2. The van der Waals surface area contributed by atoms with Gasteiger partial charge in [-0.15, -0.1) is 0 Å². The van der Waals surface area contributed by atoms with Crippen LogP contribution in [0.4, 0.5) is 4.79 Å². The highest BCUT2D eigenvalue weighted by Gasteiger charge is 2.38. The third-order valence-corrected chi connectivity index (χ3v) is 3.93. The van der Waals surface area contributed by atoms with Crippen LogP contribution in [0.5, 0.6) is 0 Å². The number of hydrogen-bond acceptors (Lipinski definition) is 6. The first-order valence-corrected chi connectivity index (χ1v) is 9.05. The molecule has 0 aromatic rings. The van der Waals surface area contributed by atoms with E-state index in [1.807, 2.05) is 0 Å². The van der Waals surface area contributed by atoms with Gasteiger partial charge >= 0.3 is 6.09 Å². The molecule has 158 valence electrons. The maximum atomic E-state index is 12.7. The van der Waals surface area contributed by atoms with Crippen LogP contribution < -0.4 is 22.1 Å². The molecule has 28 heavy (non-hydrogen) atoms. The zero-order chi connectivity index (χ0) is 21.5. The monoisotopic (exact) mass is 399 g/mol. The first-order valence-electron chi connectivity index (χ1n) is 9.05. The minimum absolute atomic E-state index is 0.0508. The highest BCUT2D eigenvalue weighted by molar-refractivity contribution is 5.93. The summed E-state index contributed by atoms with van der Waals surface area (Å²) in [6, 6.07) is -1.89. The average molecular weight is 399 g/mol. The van der Waals surface area contributed by atoms with E-state index in [0.717, 1.165) is 0 Å². The molecule has 1 aliphatic heterocycles. The summed E-state index contributed by atoms with van der Waals surface area (Å²) in [5.41, 5.74) is 9.39. The van der Waals surface area contributed by atoms with E-state index in [2.05, 4.69) is 10.6 Å². The normalized spacial score (nSPS) is 17.5. The molecule has 11 heteroatoms. The third-order valence-electron chi connectivity index (χ3n) is 3.93. The third kappa shape index (κ3) is 7.80. The van der Waals surface area contributed by atoms with Crippen molar-refractivity contribution in [1.82, 2.24) is 15.5 Å². The molecule has 0 aromatic heterocycles. The molecule has 5 amide bonds. The molecule has 0 unspecified atom stereocenters. The van der Waals surface area contributed by atoms with Crippen molar-refractivity contribution in [2.24, 2.45) is 11.5 Å². The van der Waals surface area contributed by atoms with Gasteiger partial charge in [0.25, 0.3) is 0 Å². The number of amides is 5. The molecule has 0 bridgehead atoms. The minimum Gasteiger partial charge on any atom is -0.444 e. The van der Waals surface area contributed by atoms with Crippen molar-refractivity contribution in [1.29, 1.82) is 0 Å². The van der Waals surface area contributed by atoms with Crippen LogP contribution in [0.25, 0.3) is 0 Å². The van der Waals surface area contributed by atoms with Gasteiger partial charge in [-0.05, 0) is 40.0 Å². The summed E-state index contributed by atoms with van der Waals surface area (Å²) in [6.07, 6.45) is 0.213. The zero-order valence-corrected chi connectivity index (χ0v) is 16.4. The summed E-state index contributed by atoms with van der Waals surface area (Å²) in [4.78, 5) is 60.4. The van der Waals surface area contributed by atoms with E-state index in [9.17, 15) is 24.0 Å². The van der Waals surface area contributed by atoms with Gasteiger partial charge in [-0.25, -0.2) is 4.79 Å². The summed E-state index contributed by atoms with van der Waals surface area (Å²) in [5.74, 6) is -2.61. The van der Waals surface area contributed by atoms with Gasteiger partial charge in [0, 0.05) is 13.0 Å². The summed E-state index contributed by atoms with van der Waals surface area (Å²) >= 11 is 0. The zero-order valence-electron chi connectivity index (χ0n) is 16.4. The van der Waals surface area contributed by atoms with Gasteiger partial charge in [0.05, 0.1) is 6.54 Å². The number of nitrogens with one attached hydrogen (secondary N) is 2. The number of hydrogen-bond donors (Lipinski definition) is 4. The van der Waals surface area contributed by atoms with Gasteiger partial charge in [0.2, 0.25) is 23.6 Å². The maximum Gasteiger partial charge on any atom is 0.410 e. The second kappa shape index (κ2) is 9.90. The van der Waals surface area contributed by atoms with Gasteiger partial charge < -0.3 is 26.8 Å². The van der Waals surface area contributed by atoms with Crippen molar-refractivity contribution in [2.75, 3.05) is 13.1 Å². The fraction of sp³-hybridized carbons (Fsp3) is 0.706. The van der Waals surface area contributed by atoms with E-state index in [0.29, 0.717) is 19.4 Å². The second-order valence-corrected chi connectivity index (χ2v) is 7.58. The topological polar surface area (TPSA) is 174 Å². The Morgan fingerprint density at radius 3 is 2.32 bits per heavy atom. The standard InChI is InChI=1S/C17H29N5O6/c1-17(2,3)28-16(27)22-8-4-5-11(22)15(26)21-10(6-7-12(18)23)14(25)20-9-13(19)24/h10-11H,4-9H2,1-3H3,(H2,18,23)(H2,19,24)(H,20,25)(H,21,26)/t10-,11-/m0/s1. The lowest BCUT2D eigenvalue weighted by Gasteiger charge is -2.29. The molecule has 1 heterocycles. The van der Waals surface area contributed by atoms with Crippen molar-refractivity contribution in [3.05, 3.63) is 0 Å². The molecule has 1 rings (SSSR count). The summed E-state index contributed by atoms with van der Waals surface area (Å²) in [7, 11) is 0. The molecule has 6 N–H and O–H groups in total. The molecule has 1 aliphatic rings. The van der Waals surface area contributed by atoms with Crippen LogP contribution >= 0.6 is 0 Å². The molecule has 0 spiro atoms. The molecule has 2 atom stereocenters. The Morgan fingerprint density at radius 1 is 1.14 bits per heavy atom. The fourth-order valence-electron chi connectivity index (χ4n) is 2.70. The van der Waals surface area contributed by atoms with Crippen LogP contribution in [0.2, 0.25) is 0 Å². The Bertz CT molecular complexity index is 630. The predicted octanol–water partition coefficient (Wildman–Crippen LogP) is -1.26. The van der Waals surface area contributed by atoms with Crippen molar-refractivity contribution >= 4 is 29.7 Å². The Labute approximate surface area is 163 Å². The summed E-state index contributed by atoms with van der Waals surface area (Å²) in [6.45, 7) is 5.11. The van der Waals surface area contributed by atoms with Crippen LogP contribution in [0, 0.1) is 0 Å². The number of likely N-dealkylation sites (tertiary alicyclic amines) is 1. The van der Waals surface area contributed by atoms with E-state index >= 15 is 0 Å². The highest BCUT2D eigenvalue weighted by Crippen LogP contribution is 2.21. The van der Waals surface area contributed by atoms with Crippen LogP contribution in [0.1, 0.15) is 46.5 Å². The van der Waals surface area contributed by atoms with Gasteiger partial charge in [-0.2, -0.15) is 0 Å². The van der Waals surface area contributed by atoms with Gasteiger partial charge in [0.1, 0.15) is 17.7 Å². The number of carbonyl (C=O) groups excluding carboxylic acids is 5. The molecular weight excluding hydrogens is 370 g/mol. The molecule has 1 fully saturated rings. The number of rotatable bonds is 8. The van der Waals surface area contributed by atoms with Gasteiger partial charge in [-0.1, -0.05) is 0 Å². The highest BCUT2D eigenvalue weighted by atomic mass is 16.6. The maximum absolute atomic E-state index is 12.7. The molecule has 0 saturated carbocycles. The number of carbonyl (C=O) groups is 5. The lowest BCUT2D eigenvalue weighted by molar-refractivity contribution is -0.132. The molecular formula is C17H29N5O6. The van der Waals surface area contributed by atoms with E-state index in [1.165, 1.54) is 4.90 Å². The molecule has 0 aromatic carbocycles. The first-order chi connectivity index (χ1) is 12.9. The van der Waals surface area contributed by atoms with E-state index in [-0.39, 0.29) is 12.8 Å². The molecule has 0 aliphatic carbocycles. The molecule has 1 saturated heterocycles. The van der Waals surface area contributed by atoms with Gasteiger partial charge in [-0.3, -0.25) is 24.1 Å². The van der Waals surface area contributed by atoms with Crippen LogP contribution in [-0.4, -0.2) is 65.4 Å². The van der Waals surface area contributed by atoms with Crippen molar-refractivity contribution < 1.29 is 28.7 Å². The van der Waals surface area contributed by atoms with Crippen molar-refractivity contribution in [2.45, 2.75) is 64.1 Å². The lowest BCUT2D eigenvalue weighted by Crippen LogP contribution is -2.54. The Kier molecular flexibility index (Phi) is 8.20. The van der Waals surface area contributed by atoms with Crippen molar-refractivity contribution in [3.63, 3.8) is 0 Å². The number of nitrogens with two attached hydrogens (primary N) is 2. The van der Waals surface area contributed by atoms with E-state index in [1.54, 1.807) is 20.8 Å². The average Bonchev–Trinajstić information content (AvgIpc) is 3.04. The molecule has 0 radical (unpaired) electrons. The lowest BCUT2D eigenvalue weighted by atomic mass is 10.1. The number of primary amides is 2. The number of nitrogens with zero attached hydrogens (tertiary/aromatic N) is 1. The Balaban J connectivity index is 2.81. The largest absolute Gasteiger partial charge is 0.444 e. The molecule has 11 nitrogen and oxygen atoms in total. The van der Waals surface area contributed by atoms with Crippen LogP contribution in [-0.2, 0) is 23.9 Å². The Morgan fingerprint density at radius 2 is 1.79 bits per heavy atom. The minimum atomic E-state index is -1.10. The SMILES string of the molecule is CC(C)(C)OC(=O)N1CCC[C@H]1C(=O)N[C@@H](CCC(N)=O)C(=O)NCC(N)=O. The summed E-state index contributed by atoms with van der Waals surface area (Å²) in [5, 5.41) is 4.81. The van der Waals surface area contributed by atoms with Gasteiger partial charge in [0.15, 0.2) is 0 Å². The quantitative estimate of drug-likeness (QED) is 0.396. The number of ether oxygens (including phenoxy) is 1. The Hall–Kier alpha value is -2.85. The van der Waals surface area contributed by atoms with Crippen molar-refractivity contribution in [3.8, 4) is 0 Å². The van der Waals surface area contributed by atoms with Crippen LogP contribution in [0.15, 0.2) is 0 Å². The summed E-state index contributed by atoms with van der Waals surface area (Å²) < 4.78 is 5.31. The van der Waals surface area contributed by atoms with Crippen LogP contribution in [0.3, 0.4) is 0 Å². The fourth-order valence-corrected chi connectivity index (χ4v) is 2.70.